The van der Waals surface area contributed by atoms with Gasteiger partial charge in [0.15, 0.2) is 10.3 Å². The first-order chi connectivity index (χ1) is 7.86. The minimum Gasteiger partial charge on any atom is -0.393 e. The van der Waals surface area contributed by atoms with Crippen LogP contribution in [0.2, 0.25) is 0 Å². The van der Waals surface area contributed by atoms with Crippen LogP contribution in [-0.2, 0) is 6.54 Å². The fourth-order valence-electron chi connectivity index (χ4n) is 1.86. The summed E-state index contributed by atoms with van der Waals surface area (Å²) in [7, 11) is -0.0209. The fourth-order valence-corrected chi connectivity index (χ4v) is 3.85. The molecule has 2 aromatic rings. The molecule has 1 atom stereocenters. The summed E-state index contributed by atoms with van der Waals surface area (Å²) in [5.41, 5.74) is 7.90. The molecule has 0 aliphatic carbocycles. The third kappa shape index (κ3) is 1.39. The first-order valence-electron chi connectivity index (χ1n) is 5.10. The number of nitrogens with zero attached hydrogens (tertiary/aromatic N) is 1. The lowest BCUT2D eigenvalue weighted by molar-refractivity contribution is 1.09. The van der Waals surface area contributed by atoms with E-state index < -0.39 is 0 Å². The van der Waals surface area contributed by atoms with Crippen LogP contribution in [0.15, 0.2) is 40.7 Å². The van der Waals surface area contributed by atoms with E-state index in [1.807, 2.05) is 6.07 Å². The van der Waals surface area contributed by atoms with Crippen molar-refractivity contribution in [2.75, 3.05) is 11.1 Å². The SMILES string of the molecule is Nc1c[s+](-c2ccccc2)c2c1NC=NC2. The number of nitrogens with one attached hydrogen (secondary N) is 1. The molecule has 1 aromatic heterocycles. The van der Waals surface area contributed by atoms with E-state index in [-0.39, 0.29) is 10.5 Å². The van der Waals surface area contributed by atoms with Gasteiger partial charge < -0.3 is 11.1 Å². The highest BCUT2D eigenvalue weighted by molar-refractivity contribution is 7.39. The van der Waals surface area contributed by atoms with Gasteiger partial charge in [-0.15, -0.1) is 0 Å². The zero-order valence-corrected chi connectivity index (χ0v) is 9.50. The number of nitrogens with two attached hydrogens (primary N) is 1. The number of rotatable bonds is 1. The lowest BCUT2D eigenvalue weighted by atomic mass is 10.3. The minimum absolute atomic E-state index is 0.0209. The molecule has 0 fully saturated rings. The maximum absolute atomic E-state index is 6.00. The quantitative estimate of drug-likeness (QED) is 0.740. The summed E-state index contributed by atoms with van der Waals surface area (Å²) in [4.78, 5) is 6.85. The summed E-state index contributed by atoms with van der Waals surface area (Å²) in [5, 5.41) is 5.26. The summed E-state index contributed by atoms with van der Waals surface area (Å²) in [6.07, 6.45) is 1.72. The molecule has 2 heterocycles. The summed E-state index contributed by atoms with van der Waals surface area (Å²) in [6, 6.07) is 10.4. The lowest BCUT2D eigenvalue weighted by Crippen LogP contribution is -2.04. The summed E-state index contributed by atoms with van der Waals surface area (Å²) < 4.78 is 0. The molecule has 0 amide bonds. The number of hydrogen-bond acceptors (Lipinski definition) is 3. The van der Waals surface area contributed by atoms with Crippen molar-refractivity contribution in [3.63, 3.8) is 0 Å². The fraction of sp³-hybridized carbons (Fsp3) is 0.0833. The largest absolute Gasteiger partial charge is 0.393 e. The van der Waals surface area contributed by atoms with Gasteiger partial charge in [0.05, 0.1) is 6.34 Å². The number of fused-ring (bicyclic) bond motifs is 1. The van der Waals surface area contributed by atoms with Gasteiger partial charge in [-0.25, -0.2) is 0 Å². The molecule has 4 heteroatoms. The standard InChI is InChI=1S/C12H12N3S/c13-10-7-16(9-4-2-1-3-5-9)11-6-14-8-15-12(10)11/h1-5,7-8H,6,13H2,(H,14,15)/q+1. The van der Waals surface area contributed by atoms with Crippen molar-refractivity contribution in [2.45, 2.75) is 6.54 Å². The van der Waals surface area contributed by atoms with Crippen molar-refractivity contribution in [1.82, 2.24) is 0 Å². The molecule has 80 valence electrons. The Balaban J connectivity index is 2.17. The van der Waals surface area contributed by atoms with Gasteiger partial charge in [-0.3, -0.25) is 4.99 Å². The third-order valence-electron chi connectivity index (χ3n) is 2.61. The molecule has 1 unspecified atom stereocenters. The molecule has 0 spiro atoms. The van der Waals surface area contributed by atoms with Gasteiger partial charge in [0.1, 0.15) is 17.9 Å². The molecular weight excluding hydrogens is 218 g/mol. The predicted octanol–water partition coefficient (Wildman–Crippen LogP) is 2.96. The summed E-state index contributed by atoms with van der Waals surface area (Å²) in [5.74, 6) is 0. The molecule has 16 heavy (non-hydrogen) atoms. The van der Waals surface area contributed by atoms with Crippen molar-refractivity contribution in [1.29, 1.82) is 0 Å². The maximum Gasteiger partial charge on any atom is 0.203 e. The van der Waals surface area contributed by atoms with E-state index in [1.165, 1.54) is 9.77 Å². The van der Waals surface area contributed by atoms with Crippen LogP contribution in [0.3, 0.4) is 0 Å². The summed E-state index contributed by atoms with van der Waals surface area (Å²) in [6.45, 7) is 0.748. The van der Waals surface area contributed by atoms with Crippen LogP contribution in [0.1, 0.15) is 4.88 Å². The smallest absolute Gasteiger partial charge is 0.203 e. The Morgan fingerprint density at radius 3 is 2.88 bits per heavy atom. The molecule has 1 aromatic carbocycles. The molecule has 3 rings (SSSR count). The Kier molecular flexibility index (Phi) is 2.15. The molecule has 0 saturated carbocycles. The lowest BCUT2D eigenvalue weighted by Gasteiger charge is -2.04. The Morgan fingerprint density at radius 1 is 1.25 bits per heavy atom. The average Bonchev–Trinajstić information content (AvgIpc) is 2.69. The van der Waals surface area contributed by atoms with Crippen LogP contribution in [0.4, 0.5) is 11.4 Å². The van der Waals surface area contributed by atoms with Crippen LogP contribution in [0.25, 0.3) is 4.90 Å². The van der Waals surface area contributed by atoms with E-state index in [9.17, 15) is 0 Å². The molecule has 3 N–H and O–H groups in total. The maximum atomic E-state index is 6.00. The van der Waals surface area contributed by atoms with Crippen molar-refractivity contribution in [3.8, 4) is 4.90 Å². The number of hydrogen-bond donors (Lipinski definition) is 2. The van der Waals surface area contributed by atoms with Crippen molar-refractivity contribution in [2.24, 2.45) is 4.99 Å². The highest BCUT2D eigenvalue weighted by atomic mass is 32.2. The monoisotopic (exact) mass is 230 g/mol. The van der Waals surface area contributed by atoms with Crippen LogP contribution >= 0.6 is 10.5 Å². The van der Waals surface area contributed by atoms with Crippen LogP contribution in [0, 0.1) is 0 Å². The Hall–Kier alpha value is -1.81. The normalized spacial score (nSPS) is 14.4. The Labute approximate surface area is 96.6 Å². The van der Waals surface area contributed by atoms with Crippen LogP contribution < -0.4 is 11.1 Å². The van der Waals surface area contributed by atoms with Gasteiger partial charge in [-0.1, -0.05) is 18.2 Å². The van der Waals surface area contributed by atoms with E-state index in [1.54, 1.807) is 6.34 Å². The second-order valence-corrected chi connectivity index (χ2v) is 5.51. The number of nitrogen functional groups attached to an aromatic ring is 1. The van der Waals surface area contributed by atoms with Crippen LogP contribution in [-0.4, -0.2) is 6.34 Å². The molecular formula is C12H12N3S+. The molecule has 0 bridgehead atoms. The number of benzene rings is 1. The molecule has 0 radical (unpaired) electrons. The molecule has 1 aliphatic heterocycles. The van der Waals surface area contributed by atoms with Crippen molar-refractivity contribution >= 4 is 28.2 Å². The van der Waals surface area contributed by atoms with E-state index in [2.05, 4.69) is 40.0 Å². The Morgan fingerprint density at radius 2 is 2.06 bits per heavy atom. The zero-order valence-electron chi connectivity index (χ0n) is 8.68. The number of thiophene rings is 1. The second kappa shape index (κ2) is 3.64. The van der Waals surface area contributed by atoms with Gasteiger partial charge in [-0.2, -0.15) is 0 Å². The topological polar surface area (TPSA) is 50.4 Å². The van der Waals surface area contributed by atoms with Gasteiger partial charge in [-0.05, 0) is 12.1 Å². The van der Waals surface area contributed by atoms with Crippen molar-refractivity contribution in [3.05, 3.63) is 40.6 Å². The zero-order chi connectivity index (χ0) is 11.0. The van der Waals surface area contributed by atoms with Gasteiger partial charge in [0.2, 0.25) is 4.88 Å². The van der Waals surface area contributed by atoms with Gasteiger partial charge in [0, 0.05) is 10.5 Å². The van der Waals surface area contributed by atoms with Gasteiger partial charge in [0.25, 0.3) is 0 Å². The van der Waals surface area contributed by atoms with E-state index in [0.29, 0.717) is 0 Å². The highest BCUT2D eigenvalue weighted by Gasteiger charge is 2.26. The predicted molar refractivity (Wildman–Crippen MR) is 70.5 cm³/mol. The van der Waals surface area contributed by atoms with E-state index in [0.717, 1.165) is 17.9 Å². The Bertz CT molecular complexity index is 543. The van der Waals surface area contributed by atoms with Crippen LogP contribution in [0.5, 0.6) is 0 Å². The molecule has 3 nitrogen and oxygen atoms in total. The van der Waals surface area contributed by atoms with E-state index in [4.69, 9.17) is 5.73 Å². The first-order valence-corrected chi connectivity index (χ1v) is 6.39. The van der Waals surface area contributed by atoms with Crippen molar-refractivity contribution < 1.29 is 0 Å². The molecule has 0 saturated heterocycles. The molecule has 1 aliphatic rings. The highest BCUT2D eigenvalue weighted by Crippen LogP contribution is 2.45. The van der Waals surface area contributed by atoms with E-state index >= 15 is 0 Å². The average molecular weight is 230 g/mol. The first kappa shape index (κ1) is 9.42. The summed E-state index contributed by atoms with van der Waals surface area (Å²) >= 11 is 0. The number of anilines is 2. The van der Waals surface area contributed by atoms with Gasteiger partial charge >= 0.3 is 0 Å². The minimum atomic E-state index is -0.0209. The third-order valence-corrected chi connectivity index (χ3v) is 4.74. The second-order valence-electron chi connectivity index (χ2n) is 3.64. The number of aliphatic imine (C=N–C) groups is 1.